The zero-order valence-electron chi connectivity index (χ0n) is 9.23. The molecule has 0 bridgehead atoms. The van der Waals surface area contributed by atoms with Crippen molar-refractivity contribution in [3.05, 3.63) is 0 Å². The van der Waals surface area contributed by atoms with Crippen molar-refractivity contribution in [3.8, 4) is 0 Å². The molecule has 1 N–H and O–H groups in total. The highest BCUT2D eigenvalue weighted by atomic mass is 19.4. The second kappa shape index (κ2) is 7.04. The lowest BCUT2D eigenvalue weighted by molar-refractivity contribution is -0.186. The minimum absolute atomic E-state index is 0.507. The van der Waals surface area contributed by atoms with Gasteiger partial charge < -0.3 is 14.8 Å². The number of alkyl carbamates (subject to hydrolysis) is 1. The van der Waals surface area contributed by atoms with Gasteiger partial charge in [0.15, 0.2) is 13.2 Å². The molecule has 5 nitrogen and oxygen atoms in total. The van der Waals surface area contributed by atoms with Crippen LogP contribution in [-0.2, 0) is 14.3 Å². The lowest BCUT2D eigenvalue weighted by Gasteiger charge is -2.09. The summed E-state index contributed by atoms with van der Waals surface area (Å²) in [6, 6.07) is 0. The zero-order chi connectivity index (χ0) is 15.1. The van der Waals surface area contributed by atoms with Gasteiger partial charge in [-0.1, -0.05) is 0 Å². The van der Waals surface area contributed by atoms with Gasteiger partial charge in [-0.15, -0.1) is 0 Å². The molecule has 19 heavy (non-hydrogen) atoms. The number of carbonyl (C=O) groups excluding carboxylic acids is 2. The first-order chi connectivity index (χ1) is 8.49. The number of alkyl halides is 6. The predicted octanol–water partition coefficient (Wildman–Crippen LogP) is 1.77. The van der Waals surface area contributed by atoms with Gasteiger partial charge in [0.05, 0.1) is 6.42 Å². The molecule has 0 fully saturated rings. The van der Waals surface area contributed by atoms with E-state index in [4.69, 9.17) is 0 Å². The van der Waals surface area contributed by atoms with Gasteiger partial charge in [0.25, 0.3) is 0 Å². The van der Waals surface area contributed by atoms with Crippen LogP contribution < -0.4 is 5.32 Å². The molecule has 0 aromatic heterocycles. The van der Waals surface area contributed by atoms with Crippen LogP contribution in [0.4, 0.5) is 31.1 Å². The molecule has 0 saturated carbocycles. The summed E-state index contributed by atoms with van der Waals surface area (Å²) in [5, 5.41) is 1.74. The summed E-state index contributed by atoms with van der Waals surface area (Å²) in [6.07, 6.45) is -11.4. The summed E-state index contributed by atoms with van der Waals surface area (Å²) in [4.78, 5) is 21.3. The summed E-state index contributed by atoms with van der Waals surface area (Å²) >= 11 is 0. The molecule has 0 unspecified atom stereocenters. The number of ether oxygens (including phenoxy) is 2. The Hall–Kier alpha value is -1.68. The van der Waals surface area contributed by atoms with Gasteiger partial charge in [-0.05, 0) is 0 Å². The van der Waals surface area contributed by atoms with Crippen molar-refractivity contribution in [1.82, 2.24) is 5.32 Å². The molecular formula is C8H9F6NO4. The maximum atomic E-state index is 11.6. The van der Waals surface area contributed by atoms with E-state index in [2.05, 4.69) is 9.47 Å². The zero-order valence-corrected chi connectivity index (χ0v) is 9.23. The van der Waals surface area contributed by atoms with E-state index < -0.39 is 50.6 Å². The van der Waals surface area contributed by atoms with Crippen LogP contribution in [0.2, 0.25) is 0 Å². The van der Waals surface area contributed by atoms with Crippen molar-refractivity contribution in [2.45, 2.75) is 18.8 Å². The van der Waals surface area contributed by atoms with Crippen molar-refractivity contribution < 1.29 is 45.4 Å². The van der Waals surface area contributed by atoms with E-state index in [0.29, 0.717) is 0 Å². The van der Waals surface area contributed by atoms with Crippen molar-refractivity contribution in [2.24, 2.45) is 0 Å². The number of esters is 1. The smallest absolute Gasteiger partial charge is 0.422 e. The van der Waals surface area contributed by atoms with E-state index in [1.54, 1.807) is 5.32 Å². The Morgan fingerprint density at radius 3 is 1.84 bits per heavy atom. The van der Waals surface area contributed by atoms with Gasteiger partial charge in [-0.2, -0.15) is 26.3 Å². The largest absolute Gasteiger partial charge is 0.456 e. The van der Waals surface area contributed by atoms with Gasteiger partial charge in [0.1, 0.15) is 0 Å². The van der Waals surface area contributed by atoms with E-state index in [1.165, 1.54) is 0 Å². The molecule has 0 aliphatic heterocycles. The molecule has 0 atom stereocenters. The summed E-state index contributed by atoms with van der Waals surface area (Å²) in [7, 11) is 0. The second-order valence-electron chi connectivity index (χ2n) is 3.14. The average molecular weight is 297 g/mol. The fraction of sp³-hybridized carbons (Fsp3) is 0.750. The van der Waals surface area contributed by atoms with Crippen LogP contribution >= 0.6 is 0 Å². The fourth-order valence-electron chi connectivity index (χ4n) is 0.700. The third-order valence-electron chi connectivity index (χ3n) is 1.36. The van der Waals surface area contributed by atoms with Crippen molar-refractivity contribution >= 4 is 12.1 Å². The van der Waals surface area contributed by atoms with Gasteiger partial charge in [-0.3, -0.25) is 4.79 Å². The van der Waals surface area contributed by atoms with Gasteiger partial charge in [0, 0.05) is 6.54 Å². The number of carbonyl (C=O) groups is 2. The first kappa shape index (κ1) is 17.3. The molecule has 112 valence electrons. The highest BCUT2D eigenvalue weighted by Crippen LogP contribution is 2.15. The van der Waals surface area contributed by atoms with Gasteiger partial charge >= 0.3 is 24.4 Å². The number of amides is 1. The number of rotatable bonds is 5. The van der Waals surface area contributed by atoms with Crippen LogP contribution in [0.1, 0.15) is 6.42 Å². The molecule has 0 rings (SSSR count). The van der Waals surface area contributed by atoms with Crippen LogP contribution in [0.25, 0.3) is 0 Å². The van der Waals surface area contributed by atoms with Gasteiger partial charge in [0.2, 0.25) is 0 Å². The number of nitrogens with one attached hydrogen (secondary N) is 1. The van der Waals surface area contributed by atoms with Crippen LogP contribution in [0.3, 0.4) is 0 Å². The molecule has 0 radical (unpaired) electrons. The molecule has 0 aromatic carbocycles. The topological polar surface area (TPSA) is 64.6 Å². The van der Waals surface area contributed by atoms with Crippen LogP contribution in [0, 0.1) is 0 Å². The third-order valence-corrected chi connectivity index (χ3v) is 1.36. The Morgan fingerprint density at radius 2 is 1.37 bits per heavy atom. The summed E-state index contributed by atoms with van der Waals surface area (Å²) < 4.78 is 77.1. The molecule has 0 aliphatic rings. The third kappa shape index (κ3) is 12.6. The molecule has 0 heterocycles. The van der Waals surface area contributed by atoms with E-state index in [1.807, 2.05) is 0 Å². The molecule has 0 aromatic rings. The van der Waals surface area contributed by atoms with Crippen molar-refractivity contribution in [2.75, 3.05) is 19.8 Å². The van der Waals surface area contributed by atoms with E-state index in [-0.39, 0.29) is 0 Å². The highest BCUT2D eigenvalue weighted by Gasteiger charge is 2.30. The Morgan fingerprint density at radius 1 is 0.895 bits per heavy atom. The monoisotopic (exact) mass is 297 g/mol. The Kier molecular flexibility index (Phi) is 6.42. The Balaban J connectivity index is 3.68. The molecule has 0 spiro atoms. The fourth-order valence-corrected chi connectivity index (χ4v) is 0.700. The minimum Gasteiger partial charge on any atom is -0.456 e. The van der Waals surface area contributed by atoms with E-state index >= 15 is 0 Å². The Bertz CT molecular complexity index is 283. The maximum Gasteiger partial charge on any atom is 0.422 e. The molecule has 11 heteroatoms. The second-order valence-corrected chi connectivity index (χ2v) is 3.14. The van der Waals surface area contributed by atoms with Crippen LogP contribution in [0.15, 0.2) is 0 Å². The predicted molar refractivity (Wildman–Crippen MR) is 47.0 cm³/mol. The van der Waals surface area contributed by atoms with Crippen molar-refractivity contribution in [3.63, 3.8) is 0 Å². The molecule has 0 saturated heterocycles. The molecule has 0 aliphatic carbocycles. The van der Waals surface area contributed by atoms with Crippen LogP contribution in [-0.4, -0.2) is 44.2 Å². The SMILES string of the molecule is O=C(CCNC(=O)OCC(F)(F)F)OCC(F)(F)F. The standard InChI is InChI=1S/C8H9F6NO4/c9-7(10,11)3-18-5(16)1-2-15-6(17)19-4-8(12,13)14/h1-4H2,(H,15,17). The first-order valence-corrected chi connectivity index (χ1v) is 4.69. The highest BCUT2D eigenvalue weighted by molar-refractivity contribution is 5.71. The lowest BCUT2D eigenvalue weighted by atomic mass is 10.4. The maximum absolute atomic E-state index is 11.6. The molecular weight excluding hydrogens is 288 g/mol. The summed E-state index contributed by atoms with van der Waals surface area (Å²) in [5.41, 5.74) is 0. The Labute approximate surface area is 102 Å². The lowest BCUT2D eigenvalue weighted by Crippen LogP contribution is -2.31. The van der Waals surface area contributed by atoms with Crippen molar-refractivity contribution in [1.29, 1.82) is 0 Å². The van der Waals surface area contributed by atoms with Gasteiger partial charge in [-0.25, -0.2) is 4.79 Å². The number of hydrogen-bond donors (Lipinski definition) is 1. The summed E-state index contributed by atoms with van der Waals surface area (Å²) in [5.74, 6) is -1.26. The number of hydrogen-bond acceptors (Lipinski definition) is 4. The van der Waals surface area contributed by atoms with Crippen LogP contribution in [0.5, 0.6) is 0 Å². The normalized spacial score (nSPS) is 11.9. The summed E-state index contributed by atoms with van der Waals surface area (Å²) in [6.45, 7) is -4.09. The molecule has 1 amide bonds. The van der Waals surface area contributed by atoms with E-state index in [0.717, 1.165) is 0 Å². The first-order valence-electron chi connectivity index (χ1n) is 4.69. The van der Waals surface area contributed by atoms with E-state index in [9.17, 15) is 35.9 Å². The quantitative estimate of drug-likeness (QED) is 0.620. The number of halogens is 6. The minimum atomic E-state index is -4.69. The average Bonchev–Trinajstić information content (AvgIpc) is 2.22.